The van der Waals surface area contributed by atoms with E-state index in [2.05, 4.69) is 4.99 Å². The molecule has 0 fully saturated rings. The topological polar surface area (TPSA) is 77.5 Å². The third-order valence-electron chi connectivity index (χ3n) is 4.03. The summed E-state index contributed by atoms with van der Waals surface area (Å²) in [6, 6.07) is 13.8. The Morgan fingerprint density at radius 2 is 1.96 bits per heavy atom. The van der Waals surface area contributed by atoms with Crippen molar-refractivity contribution in [3.8, 4) is 11.3 Å². The molecule has 3 rings (SSSR count). The van der Waals surface area contributed by atoms with Crippen molar-refractivity contribution in [3.05, 3.63) is 78.9 Å². The van der Waals surface area contributed by atoms with Gasteiger partial charge in [0.1, 0.15) is 5.02 Å². The molecule has 0 unspecified atom stereocenters. The normalized spacial score (nSPS) is 11.6. The van der Waals surface area contributed by atoms with E-state index in [0.717, 1.165) is 22.2 Å². The van der Waals surface area contributed by atoms with Crippen molar-refractivity contribution in [2.45, 2.75) is 20.4 Å². The van der Waals surface area contributed by atoms with Gasteiger partial charge in [-0.05, 0) is 31.5 Å². The van der Waals surface area contributed by atoms with Crippen LogP contribution in [0.25, 0.3) is 11.3 Å². The SMILES string of the molecule is CCn1c(-c2ccccc2)c(C)sc1=NC(=O)c1ccc(Cl)c([N+](=O)[O-])c1. The Balaban J connectivity index is 2.09. The molecule has 1 aromatic heterocycles. The van der Waals surface area contributed by atoms with Gasteiger partial charge < -0.3 is 4.57 Å². The summed E-state index contributed by atoms with van der Waals surface area (Å²) in [5.74, 6) is -0.544. The number of halogens is 1. The summed E-state index contributed by atoms with van der Waals surface area (Å²) in [6.07, 6.45) is 0. The van der Waals surface area contributed by atoms with E-state index in [4.69, 9.17) is 11.6 Å². The lowest BCUT2D eigenvalue weighted by atomic mass is 10.1. The van der Waals surface area contributed by atoms with E-state index in [1.54, 1.807) is 0 Å². The van der Waals surface area contributed by atoms with Crippen molar-refractivity contribution < 1.29 is 9.72 Å². The zero-order chi connectivity index (χ0) is 19.6. The molecule has 1 amide bonds. The van der Waals surface area contributed by atoms with Crippen LogP contribution in [0.2, 0.25) is 5.02 Å². The maximum atomic E-state index is 12.6. The average molecular weight is 402 g/mol. The van der Waals surface area contributed by atoms with Crippen LogP contribution in [0.4, 0.5) is 5.69 Å². The van der Waals surface area contributed by atoms with Crippen LogP contribution in [0.1, 0.15) is 22.2 Å². The van der Waals surface area contributed by atoms with Crippen molar-refractivity contribution in [1.82, 2.24) is 4.57 Å². The van der Waals surface area contributed by atoms with Crippen LogP contribution < -0.4 is 4.80 Å². The monoisotopic (exact) mass is 401 g/mol. The first-order chi connectivity index (χ1) is 12.9. The van der Waals surface area contributed by atoms with E-state index in [0.29, 0.717) is 11.3 Å². The molecule has 6 nitrogen and oxygen atoms in total. The van der Waals surface area contributed by atoms with Gasteiger partial charge in [-0.1, -0.05) is 41.9 Å². The minimum atomic E-state index is -0.617. The Hall–Kier alpha value is -2.77. The summed E-state index contributed by atoms with van der Waals surface area (Å²) in [5.41, 5.74) is 1.87. The number of hydrogen-bond donors (Lipinski definition) is 0. The highest BCUT2D eigenvalue weighted by molar-refractivity contribution is 7.09. The third-order valence-corrected chi connectivity index (χ3v) is 5.34. The number of rotatable bonds is 4. The van der Waals surface area contributed by atoms with Crippen LogP contribution in [0.3, 0.4) is 0 Å². The fourth-order valence-corrected chi connectivity index (χ4v) is 4.04. The Kier molecular flexibility index (Phi) is 5.53. The highest BCUT2D eigenvalue weighted by atomic mass is 35.5. The van der Waals surface area contributed by atoms with Gasteiger partial charge in [0.05, 0.1) is 10.6 Å². The average Bonchev–Trinajstić information content (AvgIpc) is 2.97. The third kappa shape index (κ3) is 3.84. The zero-order valence-corrected chi connectivity index (χ0v) is 16.3. The van der Waals surface area contributed by atoms with Crippen LogP contribution in [0.15, 0.2) is 53.5 Å². The van der Waals surface area contributed by atoms with Crippen LogP contribution in [-0.4, -0.2) is 15.4 Å². The lowest BCUT2D eigenvalue weighted by Crippen LogP contribution is -2.17. The minimum Gasteiger partial charge on any atom is -0.316 e. The van der Waals surface area contributed by atoms with Crippen molar-refractivity contribution in [2.75, 3.05) is 0 Å². The van der Waals surface area contributed by atoms with Gasteiger partial charge in [0, 0.05) is 23.1 Å². The largest absolute Gasteiger partial charge is 0.316 e. The molecular formula is C19H16ClN3O3S. The highest BCUT2D eigenvalue weighted by Gasteiger charge is 2.17. The summed E-state index contributed by atoms with van der Waals surface area (Å²) in [7, 11) is 0. The number of nitrogens with zero attached hydrogens (tertiary/aromatic N) is 3. The Morgan fingerprint density at radius 1 is 1.26 bits per heavy atom. The molecule has 3 aromatic rings. The van der Waals surface area contributed by atoms with Crippen LogP contribution in [0, 0.1) is 17.0 Å². The zero-order valence-electron chi connectivity index (χ0n) is 14.7. The molecule has 0 spiro atoms. The first kappa shape index (κ1) is 19.0. The Bertz CT molecular complexity index is 1090. The first-order valence-corrected chi connectivity index (χ1v) is 9.40. The molecular weight excluding hydrogens is 386 g/mol. The lowest BCUT2D eigenvalue weighted by Gasteiger charge is -2.07. The van der Waals surface area contributed by atoms with E-state index >= 15 is 0 Å². The highest BCUT2D eigenvalue weighted by Crippen LogP contribution is 2.26. The Morgan fingerprint density at radius 3 is 2.59 bits per heavy atom. The van der Waals surface area contributed by atoms with E-state index < -0.39 is 10.8 Å². The van der Waals surface area contributed by atoms with Gasteiger partial charge in [0.25, 0.3) is 11.6 Å². The van der Waals surface area contributed by atoms with E-state index in [9.17, 15) is 14.9 Å². The molecule has 0 aliphatic carbocycles. The van der Waals surface area contributed by atoms with Crippen LogP contribution >= 0.6 is 22.9 Å². The summed E-state index contributed by atoms with van der Waals surface area (Å²) < 4.78 is 1.97. The van der Waals surface area contributed by atoms with Gasteiger partial charge >= 0.3 is 0 Å². The fourth-order valence-electron chi connectivity index (χ4n) is 2.79. The maximum absolute atomic E-state index is 12.6. The van der Waals surface area contributed by atoms with E-state index in [-0.39, 0.29) is 16.3 Å². The molecule has 0 bridgehead atoms. The molecule has 0 aliphatic heterocycles. The summed E-state index contributed by atoms with van der Waals surface area (Å²) in [5, 5.41) is 11.0. The van der Waals surface area contributed by atoms with Gasteiger partial charge in [0.2, 0.25) is 0 Å². The number of thiazole rings is 1. The quantitative estimate of drug-likeness (QED) is 0.463. The van der Waals surface area contributed by atoms with Gasteiger partial charge in [-0.25, -0.2) is 0 Å². The van der Waals surface area contributed by atoms with Crippen LogP contribution in [-0.2, 0) is 6.54 Å². The predicted molar refractivity (Wildman–Crippen MR) is 106 cm³/mol. The van der Waals surface area contributed by atoms with Gasteiger partial charge in [0.15, 0.2) is 4.80 Å². The second-order valence-corrected chi connectivity index (χ2v) is 7.33. The standard InChI is InChI=1S/C19H16ClN3O3S/c1-3-22-17(13-7-5-4-6-8-13)12(2)27-19(22)21-18(24)14-9-10-15(20)16(11-14)23(25)26/h4-11H,3H2,1-2H3. The molecule has 0 aliphatic rings. The second-order valence-electron chi connectivity index (χ2n) is 5.74. The van der Waals surface area contributed by atoms with Gasteiger partial charge in [-0.3, -0.25) is 14.9 Å². The number of benzene rings is 2. The molecule has 27 heavy (non-hydrogen) atoms. The molecule has 0 saturated heterocycles. The number of amides is 1. The molecule has 0 N–H and O–H groups in total. The minimum absolute atomic E-state index is 0.0153. The number of nitro benzene ring substituents is 1. The maximum Gasteiger partial charge on any atom is 0.288 e. The van der Waals surface area contributed by atoms with Crippen molar-refractivity contribution in [3.63, 3.8) is 0 Å². The van der Waals surface area contributed by atoms with Gasteiger partial charge in [-0.2, -0.15) is 4.99 Å². The summed E-state index contributed by atoms with van der Waals surface area (Å²) in [6.45, 7) is 4.60. The number of hydrogen-bond acceptors (Lipinski definition) is 4. The molecule has 2 aromatic carbocycles. The number of aryl methyl sites for hydroxylation is 1. The smallest absolute Gasteiger partial charge is 0.288 e. The molecule has 0 radical (unpaired) electrons. The second kappa shape index (κ2) is 7.85. The van der Waals surface area contributed by atoms with Crippen LogP contribution in [0.5, 0.6) is 0 Å². The number of nitro groups is 1. The fraction of sp³-hybridized carbons (Fsp3) is 0.158. The van der Waals surface area contributed by atoms with E-state index in [1.807, 2.05) is 48.7 Å². The molecule has 0 saturated carbocycles. The summed E-state index contributed by atoms with van der Waals surface area (Å²) >= 11 is 7.22. The van der Waals surface area contributed by atoms with Crippen molar-refractivity contribution in [1.29, 1.82) is 0 Å². The van der Waals surface area contributed by atoms with Crippen molar-refractivity contribution in [2.24, 2.45) is 4.99 Å². The number of carbonyl (C=O) groups excluding carboxylic acids is 1. The van der Waals surface area contributed by atoms with E-state index in [1.165, 1.54) is 23.5 Å². The molecule has 8 heteroatoms. The Labute approximate surface area is 164 Å². The number of aromatic nitrogens is 1. The lowest BCUT2D eigenvalue weighted by molar-refractivity contribution is -0.384. The molecule has 0 atom stereocenters. The van der Waals surface area contributed by atoms with Gasteiger partial charge in [-0.15, -0.1) is 11.3 Å². The molecule has 1 heterocycles. The summed E-state index contributed by atoms with van der Waals surface area (Å²) in [4.78, 5) is 28.8. The van der Waals surface area contributed by atoms with Crippen molar-refractivity contribution >= 4 is 34.5 Å². The number of carbonyl (C=O) groups is 1. The predicted octanol–water partition coefficient (Wildman–Crippen LogP) is 4.85. The molecule has 138 valence electrons. The first-order valence-electron chi connectivity index (χ1n) is 8.21.